The third kappa shape index (κ3) is 2.12. The molecule has 13 heavy (non-hydrogen) atoms. The first-order valence-electron chi connectivity index (χ1n) is 5.35. The Labute approximate surface area is 80.8 Å². The Hall–Kier alpha value is -0.340. The molecule has 2 N–H and O–H groups in total. The van der Waals surface area contributed by atoms with E-state index < -0.39 is 0 Å². The average molecular weight is 180 g/mol. The van der Waals surface area contributed by atoms with Gasteiger partial charge in [-0.1, -0.05) is 11.6 Å². The normalized spacial score (nSPS) is 28.0. The van der Waals surface area contributed by atoms with Gasteiger partial charge in [0.25, 0.3) is 0 Å². The van der Waals surface area contributed by atoms with E-state index in [0.29, 0.717) is 0 Å². The molecule has 0 bridgehead atoms. The molecule has 74 valence electrons. The lowest BCUT2D eigenvalue weighted by atomic mass is 9.77. The predicted molar refractivity (Wildman–Crippen MR) is 55.6 cm³/mol. The van der Waals surface area contributed by atoms with Crippen LogP contribution in [0.25, 0.3) is 0 Å². The van der Waals surface area contributed by atoms with Crippen molar-refractivity contribution < 1.29 is 0 Å². The molecular formula is C11H20N2. The van der Waals surface area contributed by atoms with Crippen LogP contribution in [-0.2, 0) is 0 Å². The Bertz CT molecular complexity index is 216. The van der Waals surface area contributed by atoms with Gasteiger partial charge in [0.1, 0.15) is 0 Å². The number of nitrogens with zero attached hydrogens (tertiary/aromatic N) is 1. The third-order valence-electron chi connectivity index (χ3n) is 3.30. The van der Waals surface area contributed by atoms with E-state index in [0.717, 1.165) is 13.1 Å². The van der Waals surface area contributed by atoms with Crippen LogP contribution in [0, 0.1) is 0 Å². The standard InChI is InChI=1S/C11H20N2/c1-10-4-2-7-13(8-10)9-11(12)5-3-6-11/h4H,2-3,5-9,12H2,1H3. The highest BCUT2D eigenvalue weighted by Crippen LogP contribution is 2.30. The summed E-state index contributed by atoms with van der Waals surface area (Å²) in [7, 11) is 0. The molecule has 1 aliphatic carbocycles. The molecule has 1 aliphatic heterocycles. The van der Waals surface area contributed by atoms with Gasteiger partial charge < -0.3 is 5.73 Å². The van der Waals surface area contributed by atoms with Crippen LogP contribution in [0.2, 0.25) is 0 Å². The van der Waals surface area contributed by atoms with Crippen molar-refractivity contribution in [3.05, 3.63) is 11.6 Å². The fourth-order valence-electron chi connectivity index (χ4n) is 2.36. The lowest BCUT2D eigenvalue weighted by Crippen LogP contribution is -2.55. The van der Waals surface area contributed by atoms with Crippen LogP contribution in [0.15, 0.2) is 11.6 Å². The molecule has 1 heterocycles. The van der Waals surface area contributed by atoms with Crippen molar-refractivity contribution >= 4 is 0 Å². The van der Waals surface area contributed by atoms with Crippen LogP contribution in [0.5, 0.6) is 0 Å². The Balaban J connectivity index is 1.85. The summed E-state index contributed by atoms with van der Waals surface area (Å²) >= 11 is 0. The zero-order chi connectivity index (χ0) is 9.31. The fraction of sp³-hybridized carbons (Fsp3) is 0.818. The molecule has 0 saturated heterocycles. The Morgan fingerprint density at radius 2 is 2.31 bits per heavy atom. The van der Waals surface area contributed by atoms with E-state index in [9.17, 15) is 0 Å². The number of rotatable bonds is 2. The first-order chi connectivity index (χ1) is 6.18. The topological polar surface area (TPSA) is 29.3 Å². The van der Waals surface area contributed by atoms with Crippen molar-refractivity contribution in [3.63, 3.8) is 0 Å². The van der Waals surface area contributed by atoms with Crippen molar-refractivity contribution in [2.75, 3.05) is 19.6 Å². The summed E-state index contributed by atoms with van der Waals surface area (Å²) in [5, 5.41) is 0. The Kier molecular flexibility index (Phi) is 2.43. The van der Waals surface area contributed by atoms with E-state index in [2.05, 4.69) is 17.9 Å². The van der Waals surface area contributed by atoms with Gasteiger partial charge in [-0.15, -0.1) is 0 Å². The average Bonchev–Trinajstić information content (AvgIpc) is 2.01. The number of nitrogens with two attached hydrogens (primary N) is 1. The maximum Gasteiger partial charge on any atom is 0.0283 e. The molecule has 1 saturated carbocycles. The van der Waals surface area contributed by atoms with Crippen LogP contribution < -0.4 is 5.73 Å². The highest BCUT2D eigenvalue weighted by molar-refractivity contribution is 5.06. The fourth-order valence-corrected chi connectivity index (χ4v) is 2.36. The van der Waals surface area contributed by atoms with Crippen molar-refractivity contribution in [1.82, 2.24) is 4.90 Å². The minimum Gasteiger partial charge on any atom is -0.324 e. The van der Waals surface area contributed by atoms with Gasteiger partial charge in [-0.25, -0.2) is 0 Å². The molecular weight excluding hydrogens is 160 g/mol. The SMILES string of the molecule is CC1=CCCN(CC2(N)CCC2)C1. The zero-order valence-electron chi connectivity index (χ0n) is 8.55. The summed E-state index contributed by atoms with van der Waals surface area (Å²) in [5.74, 6) is 0. The highest BCUT2D eigenvalue weighted by atomic mass is 15.2. The van der Waals surface area contributed by atoms with E-state index in [1.807, 2.05) is 0 Å². The van der Waals surface area contributed by atoms with E-state index in [4.69, 9.17) is 5.73 Å². The summed E-state index contributed by atoms with van der Waals surface area (Å²) in [6.45, 7) is 5.67. The van der Waals surface area contributed by atoms with Gasteiger partial charge in [0.05, 0.1) is 0 Å². The molecule has 2 aliphatic rings. The smallest absolute Gasteiger partial charge is 0.0283 e. The largest absolute Gasteiger partial charge is 0.324 e. The van der Waals surface area contributed by atoms with E-state index in [1.54, 1.807) is 0 Å². The first-order valence-corrected chi connectivity index (χ1v) is 5.35. The molecule has 0 amide bonds. The first kappa shape index (κ1) is 9.22. The van der Waals surface area contributed by atoms with E-state index in [1.165, 1.54) is 37.8 Å². The van der Waals surface area contributed by atoms with Gasteiger partial charge in [-0.3, -0.25) is 4.90 Å². The van der Waals surface area contributed by atoms with Gasteiger partial charge in [0.15, 0.2) is 0 Å². The molecule has 0 aromatic carbocycles. The summed E-state index contributed by atoms with van der Waals surface area (Å²) in [6.07, 6.45) is 7.35. The molecule has 0 aromatic rings. The predicted octanol–water partition coefficient (Wildman–Crippen LogP) is 1.52. The molecule has 2 heteroatoms. The van der Waals surface area contributed by atoms with E-state index in [-0.39, 0.29) is 5.54 Å². The van der Waals surface area contributed by atoms with Gasteiger partial charge in [0, 0.05) is 25.2 Å². The molecule has 0 spiro atoms. The number of hydrogen-bond donors (Lipinski definition) is 1. The van der Waals surface area contributed by atoms with Crippen LogP contribution >= 0.6 is 0 Å². The van der Waals surface area contributed by atoms with Crippen molar-refractivity contribution in [1.29, 1.82) is 0 Å². The van der Waals surface area contributed by atoms with Crippen LogP contribution in [0.4, 0.5) is 0 Å². The summed E-state index contributed by atoms with van der Waals surface area (Å²) < 4.78 is 0. The second-order valence-corrected chi connectivity index (χ2v) is 4.77. The molecule has 1 fully saturated rings. The van der Waals surface area contributed by atoms with Crippen LogP contribution in [0.1, 0.15) is 32.6 Å². The van der Waals surface area contributed by atoms with Crippen molar-refractivity contribution in [2.24, 2.45) is 5.73 Å². The lowest BCUT2D eigenvalue weighted by Gasteiger charge is -2.42. The van der Waals surface area contributed by atoms with Gasteiger partial charge in [-0.05, 0) is 32.6 Å². The van der Waals surface area contributed by atoms with E-state index >= 15 is 0 Å². The Morgan fingerprint density at radius 3 is 2.85 bits per heavy atom. The van der Waals surface area contributed by atoms with Crippen molar-refractivity contribution in [3.8, 4) is 0 Å². The van der Waals surface area contributed by atoms with Gasteiger partial charge >= 0.3 is 0 Å². The minimum atomic E-state index is 0.164. The molecule has 0 aromatic heterocycles. The minimum absolute atomic E-state index is 0.164. The van der Waals surface area contributed by atoms with Gasteiger partial charge in [0.2, 0.25) is 0 Å². The second-order valence-electron chi connectivity index (χ2n) is 4.77. The van der Waals surface area contributed by atoms with Crippen LogP contribution in [0.3, 0.4) is 0 Å². The lowest BCUT2D eigenvalue weighted by molar-refractivity contribution is 0.150. The second kappa shape index (κ2) is 3.43. The molecule has 0 atom stereocenters. The molecule has 0 unspecified atom stereocenters. The molecule has 0 radical (unpaired) electrons. The molecule has 2 nitrogen and oxygen atoms in total. The maximum absolute atomic E-state index is 6.22. The maximum atomic E-state index is 6.22. The summed E-state index contributed by atoms with van der Waals surface area (Å²) in [4.78, 5) is 2.51. The Morgan fingerprint density at radius 1 is 1.54 bits per heavy atom. The van der Waals surface area contributed by atoms with Gasteiger partial charge in [-0.2, -0.15) is 0 Å². The summed E-state index contributed by atoms with van der Waals surface area (Å²) in [6, 6.07) is 0. The quantitative estimate of drug-likeness (QED) is 0.653. The number of hydrogen-bond acceptors (Lipinski definition) is 2. The molecule has 2 rings (SSSR count). The zero-order valence-corrected chi connectivity index (χ0v) is 8.55. The monoisotopic (exact) mass is 180 g/mol. The van der Waals surface area contributed by atoms with Crippen molar-refractivity contribution in [2.45, 2.75) is 38.1 Å². The third-order valence-corrected chi connectivity index (χ3v) is 3.30. The summed E-state index contributed by atoms with van der Waals surface area (Å²) in [5.41, 5.74) is 7.89. The van der Waals surface area contributed by atoms with Crippen LogP contribution in [-0.4, -0.2) is 30.1 Å². The highest BCUT2D eigenvalue weighted by Gasteiger charge is 2.34.